The molecule has 1 saturated carbocycles. The zero-order chi connectivity index (χ0) is 22.0. The fraction of sp³-hybridized carbons (Fsp3) is 0.360. The van der Waals surface area contributed by atoms with Crippen LogP contribution in [0.15, 0.2) is 60.7 Å². The van der Waals surface area contributed by atoms with E-state index in [1.807, 2.05) is 36.4 Å². The molecule has 1 fully saturated rings. The van der Waals surface area contributed by atoms with Crippen LogP contribution in [0.25, 0.3) is 0 Å². The van der Waals surface area contributed by atoms with Crippen molar-refractivity contribution >= 4 is 11.8 Å². The van der Waals surface area contributed by atoms with Gasteiger partial charge in [0.15, 0.2) is 0 Å². The molecule has 0 aromatic heterocycles. The van der Waals surface area contributed by atoms with Crippen LogP contribution < -0.4 is 4.74 Å². The summed E-state index contributed by atoms with van der Waals surface area (Å²) in [6.07, 6.45) is 5.74. The van der Waals surface area contributed by atoms with E-state index in [1.165, 1.54) is 12.1 Å². The average Bonchev–Trinajstić information content (AvgIpc) is 3.63. The van der Waals surface area contributed by atoms with Gasteiger partial charge in [0, 0.05) is 19.0 Å². The molecule has 2 atom stereocenters. The molecule has 1 aliphatic heterocycles. The van der Waals surface area contributed by atoms with Crippen LogP contribution in [0.5, 0.6) is 5.75 Å². The Kier molecular flexibility index (Phi) is 6.07. The predicted molar refractivity (Wildman–Crippen MR) is 116 cm³/mol. The lowest BCUT2D eigenvalue weighted by atomic mass is 10.00. The van der Waals surface area contributed by atoms with Gasteiger partial charge in [-0.3, -0.25) is 9.59 Å². The van der Waals surface area contributed by atoms with Gasteiger partial charge in [0.05, 0.1) is 13.2 Å². The second-order valence-corrected chi connectivity index (χ2v) is 8.18. The molecule has 0 spiro atoms. The van der Waals surface area contributed by atoms with Crippen LogP contribution in [0.4, 0.5) is 4.39 Å². The standard InChI is InChI=1S/C25H27FN2O3/c1-17-24(29)28(16-18-5-11-21(26)12-6-18)23(19-9-13-22(31-2)14-10-19)4-3-15-27(17)25(30)20-7-8-20/h3-6,9-14,17,20,23H,7-8,15-16H2,1-2H3/b4-3-/t17-,23?/m0/s1. The lowest BCUT2D eigenvalue weighted by Gasteiger charge is -2.38. The monoisotopic (exact) mass is 422 g/mol. The summed E-state index contributed by atoms with van der Waals surface area (Å²) in [5.41, 5.74) is 1.77. The van der Waals surface area contributed by atoms with Crippen molar-refractivity contribution < 1.29 is 18.7 Å². The van der Waals surface area contributed by atoms with E-state index in [9.17, 15) is 14.0 Å². The van der Waals surface area contributed by atoms with Crippen LogP contribution in [0.2, 0.25) is 0 Å². The average molecular weight is 423 g/mol. The van der Waals surface area contributed by atoms with E-state index in [0.717, 1.165) is 29.7 Å². The van der Waals surface area contributed by atoms with Gasteiger partial charge < -0.3 is 14.5 Å². The minimum Gasteiger partial charge on any atom is -0.497 e. The molecule has 2 amide bonds. The van der Waals surface area contributed by atoms with Crippen molar-refractivity contribution in [3.8, 4) is 5.75 Å². The van der Waals surface area contributed by atoms with Crippen molar-refractivity contribution in [2.75, 3.05) is 13.7 Å². The molecule has 0 N–H and O–H groups in total. The smallest absolute Gasteiger partial charge is 0.246 e. The molecule has 1 heterocycles. The summed E-state index contributed by atoms with van der Waals surface area (Å²) in [5.74, 6) is 0.401. The molecule has 5 nitrogen and oxygen atoms in total. The first-order valence-electron chi connectivity index (χ1n) is 10.6. The molecule has 1 aliphatic carbocycles. The minimum absolute atomic E-state index is 0.0472. The highest BCUT2D eigenvalue weighted by Crippen LogP contribution is 2.34. The Morgan fingerprint density at radius 3 is 2.39 bits per heavy atom. The number of rotatable bonds is 5. The van der Waals surface area contributed by atoms with Crippen LogP contribution in [0.3, 0.4) is 0 Å². The first kappa shape index (κ1) is 21.1. The number of hydrogen-bond acceptors (Lipinski definition) is 3. The topological polar surface area (TPSA) is 49.9 Å². The van der Waals surface area contributed by atoms with Gasteiger partial charge in [-0.2, -0.15) is 0 Å². The maximum atomic E-state index is 13.6. The van der Waals surface area contributed by atoms with E-state index in [0.29, 0.717) is 13.1 Å². The van der Waals surface area contributed by atoms with Crippen molar-refractivity contribution in [3.05, 3.63) is 77.6 Å². The van der Waals surface area contributed by atoms with E-state index in [-0.39, 0.29) is 29.6 Å². The normalized spacial score (nSPS) is 22.6. The molecule has 162 valence electrons. The van der Waals surface area contributed by atoms with E-state index < -0.39 is 6.04 Å². The summed E-state index contributed by atoms with van der Waals surface area (Å²) in [7, 11) is 1.61. The Balaban J connectivity index is 1.69. The number of amides is 2. The molecule has 6 heteroatoms. The van der Waals surface area contributed by atoms with Crippen molar-refractivity contribution in [3.63, 3.8) is 0 Å². The molecule has 0 bridgehead atoms. The Morgan fingerprint density at radius 1 is 1.10 bits per heavy atom. The minimum atomic E-state index is -0.570. The SMILES string of the molecule is COc1ccc(C2/C=C\CN(C(=O)C3CC3)[C@@H](C)C(=O)N2Cc2ccc(F)cc2)cc1. The number of halogens is 1. The van der Waals surface area contributed by atoms with Crippen LogP contribution >= 0.6 is 0 Å². The number of benzene rings is 2. The molecular weight excluding hydrogens is 395 g/mol. The summed E-state index contributed by atoms with van der Waals surface area (Å²) in [4.78, 5) is 29.9. The largest absolute Gasteiger partial charge is 0.497 e. The molecule has 2 aromatic carbocycles. The van der Waals surface area contributed by atoms with Crippen molar-refractivity contribution in [1.82, 2.24) is 9.80 Å². The summed E-state index contributed by atoms with van der Waals surface area (Å²) in [6, 6.07) is 12.9. The van der Waals surface area contributed by atoms with Gasteiger partial charge in [0.1, 0.15) is 17.6 Å². The number of hydrogen-bond donors (Lipinski definition) is 0. The van der Waals surface area contributed by atoms with Crippen LogP contribution in [-0.2, 0) is 16.1 Å². The van der Waals surface area contributed by atoms with E-state index >= 15 is 0 Å². The quantitative estimate of drug-likeness (QED) is 0.682. The Labute approximate surface area is 182 Å². The Hall–Kier alpha value is -3.15. The van der Waals surface area contributed by atoms with E-state index in [1.54, 1.807) is 36.0 Å². The number of carbonyl (C=O) groups excluding carboxylic acids is 2. The highest BCUT2D eigenvalue weighted by atomic mass is 19.1. The molecule has 1 unspecified atom stereocenters. The maximum Gasteiger partial charge on any atom is 0.246 e. The molecule has 2 aliphatic rings. The number of ether oxygens (including phenoxy) is 1. The molecule has 2 aromatic rings. The highest BCUT2D eigenvalue weighted by Gasteiger charge is 2.39. The molecule has 0 radical (unpaired) electrons. The number of nitrogens with zero attached hydrogens (tertiary/aromatic N) is 2. The first-order chi connectivity index (χ1) is 15.0. The van der Waals surface area contributed by atoms with Gasteiger partial charge in [-0.15, -0.1) is 0 Å². The van der Waals surface area contributed by atoms with Crippen LogP contribution in [0, 0.1) is 11.7 Å². The van der Waals surface area contributed by atoms with Crippen molar-refractivity contribution in [2.45, 2.75) is 38.4 Å². The summed E-state index contributed by atoms with van der Waals surface area (Å²) in [6.45, 7) is 2.53. The molecule has 31 heavy (non-hydrogen) atoms. The third-order valence-electron chi connectivity index (χ3n) is 6.00. The lowest BCUT2D eigenvalue weighted by molar-refractivity contribution is -0.147. The van der Waals surface area contributed by atoms with Crippen molar-refractivity contribution in [2.24, 2.45) is 5.92 Å². The zero-order valence-electron chi connectivity index (χ0n) is 17.8. The second kappa shape index (κ2) is 8.92. The van der Waals surface area contributed by atoms with Gasteiger partial charge >= 0.3 is 0 Å². The van der Waals surface area contributed by atoms with Gasteiger partial charge in [-0.05, 0) is 55.2 Å². The fourth-order valence-electron chi connectivity index (χ4n) is 3.98. The van der Waals surface area contributed by atoms with Crippen LogP contribution in [-0.4, -0.2) is 41.3 Å². The third-order valence-corrected chi connectivity index (χ3v) is 6.00. The maximum absolute atomic E-state index is 13.6. The second-order valence-electron chi connectivity index (χ2n) is 8.18. The number of carbonyl (C=O) groups is 2. The van der Waals surface area contributed by atoms with E-state index in [2.05, 4.69) is 0 Å². The van der Waals surface area contributed by atoms with Gasteiger partial charge in [-0.1, -0.05) is 36.4 Å². The third kappa shape index (κ3) is 4.63. The highest BCUT2D eigenvalue weighted by molar-refractivity contribution is 5.90. The van der Waals surface area contributed by atoms with Gasteiger partial charge in [0.25, 0.3) is 0 Å². The summed E-state index contributed by atoms with van der Waals surface area (Å²) < 4.78 is 18.7. The molecule has 4 rings (SSSR count). The van der Waals surface area contributed by atoms with E-state index in [4.69, 9.17) is 4.74 Å². The Bertz CT molecular complexity index is 967. The fourth-order valence-corrected chi connectivity index (χ4v) is 3.98. The first-order valence-corrected chi connectivity index (χ1v) is 10.6. The lowest BCUT2D eigenvalue weighted by Crippen LogP contribution is -2.51. The zero-order valence-corrected chi connectivity index (χ0v) is 17.8. The molecular formula is C25H27FN2O3. The van der Waals surface area contributed by atoms with Gasteiger partial charge in [0.2, 0.25) is 11.8 Å². The number of methoxy groups -OCH3 is 1. The summed E-state index contributed by atoms with van der Waals surface area (Å²) >= 11 is 0. The summed E-state index contributed by atoms with van der Waals surface area (Å²) in [5, 5.41) is 0. The Morgan fingerprint density at radius 2 is 1.77 bits per heavy atom. The predicted octanol–water partition coefficient (Wildman–Crippen LogP) is 4.10. The molecule has 0 saturated heterocycles. The van der Waals surface area contributed by atoms with Gasteiger partial charge in [-0.25, -0.2) is 4.39 Å². The van der Waals surface area contributed by atoms with Crippen molar-refractivity contribution in [1.29, 1.82) is 0 Å². The van der Waals surface area contributed by atoms with Crippen LogP contribution in [0.1, 0.15) is 36.9 Å².